The summed E-state index contributed by atoms with van der Waals surface area (Å²) in [5.41, 5.74) is 1.44. The first kappa shape index (κ1) is 11.5. The number of nitrogens with zero attached hydrogens (tertiary/aromatic N) is 1. The SMILES string of the molecule is COc1ccc(CC2CCN(C)CC2)cc1. The second-order valence-corrected chi connectivity index (χ2v) is 4.80. The van der Waals surface area contributed by atoms with E-state index in [1.165, 1.54) is 37.9 Å². The van der Waals surface area contributed by atoms with E-state index >= 15 is 0 Å². The summed E-state index contributed by atoms with van der Waals surface area (Å²) < 4.78 is 5.17. The van der Waals surface area contributed by atoms with Gasteiger partial charge in [0.15, 0.2) is 0 Å². The van der Waals surface area contributed by atoms with Crippen molar-refractivity contribution in [3.63, 3.8) is 0 Å². The van der Waals surface area contributed by atoms with Gasteiger partial charge in [-0.3, -0.25) is 0 Å². The summed E-state index contributed by atoms with van der Waals surface area (Å²) in [6.45, 7) is 2.50. The van der Waals surface area contributed by atoms with Gasteiger partial charge in [-0.1, -0.05) is 12.1 Å². The van der Waals surface area contributed by atoms with Gasteiger partial charge in [-0.25, -0.2) is 0 Å². The Morgan fingerprint density at radius 2 is 1.81 bits per heavy atom. The van der Waals surface area contributed by atoms with Crippen molar-refractivity contribution in [2.75, 3.05) is 27.2 Å². The van der Waals surface area contributed by atoms with Crippen molar-refractivity contribution in [3.05, 3.63) is 29.8 Å². The van der Waals surface area contributed by atoms with Crippen LogP contribution in [0.5, 0.6) is 5.75 Å². The van der Waals surface area contributed by atoms with Crippen LogP contribution >= 0.6 is 0 Å². The smallest absolute Gasteiger partial charge is 0.118 e. The summed E-state index contributed by atoms with van der Waals surface area (Å²) in [4.78, 5) is 2.42. The molecule has 0 N–H and O–H groups in total. The summed E-state index contributed by atoms with van der Waals surface area (Å²) in [5.74, 6) is 1.82. The monoisotopic (exact) mass is 219 g/mol. The molecule has 0 aromatic heterocycles. The largest absolute Gasteiger partial charge is 0.497 e. The van der Waals surface area contributed by atoms with E-state index in [2.05, 4.69) is 36.2 Å². The summed E-state index contributed by atoms with van der Waals surface area (Å²) >= 11 is 0. The lowest BCUT2D eigenvalue weighted by Gasteiger charge is -2.28. The van der Waals surface area contributed by atoms with Gasteiger partial charge in [-0.15, -0.1) is 0 Å². The number of ether oxygens (including phenoxy) is 1. The van der Waals surface area contributed by atoms with E-state index in [0.29, 0.717) is 0 Å². The minimum absolute atomic E-state index is 0.865. The van der Waals surface area contributed by atoms with Crippen molar-refractivity contribution < 1.29 is 4.74 Å². The van der Waals surface area contributed by atoms with Crippen molar-refractivity contribution in [1.29, 1.82) is 0 Å². The van der Waals surface area contributed by atoms with Crippen LogP contribution in [0.1, 0.15) is 18.4 Å². The van der Waals surface area contributed by atoms with Crippen LogP contribution in [0, 0.1) is 5.92 Å². The maximum Gasteiger partial charge on any atom is 0.118 e. The van der Waals surface area contributed by atoms with Gasteiger partial charge in [-0.05, 0) is 63.0 Å². The molecule has 0 saturated carbocycles. The normalized spacial score (nSPS) is 18.6. The van der Waals surface area contributed by atoms with E-state index in [1.807, 2.05) is 0 Å². The summed E-state index contributed by atoms with van der Waals surface area (Å²) in [6.07, 6.45) is 3.89. The third kappa shape index (κ3) is 2.99. The number of benzene rings is 1. The van der Waals surface area contributed by atoms with Gasteiger partial charge in [0.05, 0.1) is 7.11 Å². The molecule has 1 fully saturated rings. The zero-order valence-electron chi connectivity index (χ0n) is 10.3. The first-order chi connectivity index (χ1) is 7.78. The summed E-state index contributed by atoms with van der Waals surface area (Å²) in [6, 6.07) is 8.50. The van der Waals surface area contributed by atoms with Crippen LogP contribution in [-0.4, -0.2) is 32.1 Å². The van der Waals surface area contributed by atoms with E-state index < -0.39 is 0 Å². The minimum Gasteiger partial charge on any atom is -0.497 e. The molecule has 0 bridgehead atoms. The highest BCUT2D eigenvalue weighted by molar-refractivity contribution is 5.27. The molecule has 0 spiro atoms. The molecule has 1 saturated heterocycles. The van der Waals surface area contributed by atoms with Crippen LogP contribution in [0.3, 0.4) is 0 Å². The third-order valence-electron chi connectivity index (χ3n) is 3.52. The van der Waals surface area contributed by atoms with Gasteiger partial charge in [-0.2, -0.15) is 0 Å². The van der Waals surface area contributed by atoms with E-state index in [4.69, 9.17) is 4.74 Å². The molecule has 2 rings (SSSR count). The summed E-state index contributed by atoms with van der Waals surface area (Å²) in [5, 5.41) is 0. The highest BCUT2D eigenvalue weighted by atomic mass is 16.5. The first-order valence-electron chi connectivity index (χ1n) is 6.09. The molecule has 88 valence electrons. The van der Waals surface area contributed by atoms with Crippen molar-refractivity contribution in [1.82, 2.24) is 4.90 Å². The number of piperidine rings is 1. The summed E-state index contributed by atoms with van der Waals surface area (Å²) in [7, 11) is 3.93. The Morgan fingerprint density at radius 1 is 1.19 bits per heavy atom. The third-order valence-corrected chi connectivity index (χ3v) is 3.52. The molecule has 16 heavy (non-hydrogen) atoms. The predicted octanol–water partition coefficient (Wildman–Crippen LogP) is 2.58. The van der Waals surface area contributed by atoms with Crippen molar-refractivity contribution in [3.8, 4) is 5.75 Å². The number of hydrogen-bond donors (Lipinski definition) is 0. The fourth-order valence-corrected chi connectivity index (χ4v) is 2.36. The molecule has 1 aromatic rings. The number of methoxy groups -OCH3 is 1. The van der Waals surface area contributed by atoms with E-state index in [9.17, 15) is 0 Å². The average molecular weight is 219 g/mol. The van der Waals surface area contributed by atoms with Gasteiger partial charge in [0.25, 0.3) is 0 Å². The van der Waals surface area contributed by atoms with Gasteiger partial charge < -0.3 is 9.64 Å². The molecule has 1 aliphatic heterocycles. The first-order valence-corrected chi connectivity index (χ1v) is 6.09. The fourth-order valence-electron chi connectivity index (χ4n) is 2.36. The fraction of sp³-hybridized carbons (Fsp3) is 0.571. The maximum atomic E-state index is 5.17. The van der Waals surface area contributed by atoms with Gasteiger partial charge in [0, 0.05) is 0 Å². The molecule has 0 atom stereocenters. The second-order valence-electron chi connectivity index (χ2n) is 4.80. The topological polar surface area (TPSA) is 12.5 Å². The second kappa shape index (κ2) is 5.35. The molecule has 0 unspecified atom stereocenters. The average Bonchev–Trinajstić information content (AvgIpc) is 2.33. The molecular weight excluding hydrogens is 198 g/mol. The molecule has 2 nitrogen and oxygen atoms in total. The number of hydrogen-bond acceptors (Lipinski definition) is 2. The minimum atomic E-state index is 0.865. The van der Waals surface area contributed by atoms with Crippen LogP contribution in [0.4, 0.5) is 0 Å². The Labute approximate surface area is 98.2 Å². The zero-order chi connectivity index (χ0) is 11.4. The highest BCUT2D eigenvalue weighted by Gasteiger charge is 2.16. The molecule has 0 radical (unpaired) electrons. The van der Waals surface area contributed by atoms with Crippen LogP contribution < -0.4 is 4.74 Å². The highest BCUT2D eigenvalue weighted by Crippen LogP contribution is 2.22. The van der Waals surface area contributed by atoms with Crippen molar-refractivity contribution in [2.24, 2.45) is 5.92 Å². The Morgan fingerprint density at radius 3 is 2.38 bits per heavy atom. The molecule has 0 amide bonds. The Balaban J connectivity index is 1.88. The Kier molecular flexibility index (Phi) is 3.83. The van der Waals surface area contributed by atoms with Crippen LogP contribution in [0.15, 0.2) is 24.3 Å². The van der Waals surface area contributed by atoms with E-state index in [0.717, 1.165) is 11.7 Å². The van der Waals surface area contributed by atoms with Crippen molar-refractivity contribution in [2.45, 2.75) is 19.3 Å². The lowest BCUT2D eigenvalue weighted by molar-refractivity contribution is 0.219. The quantitative estimate of drug-likeness (QED) is 0.774. The van der Waals surface area contributed by atoms with Crippen LogP contribution in [0.2, 0.25) is 0 Å². The maximum absolute atomic E-state index is 5.17. The van der Waals surface area contributed by atoms with E-state index in [-0.39, 0.29) is 0 Å². The molecular formula is C14H21NO. The lowest BCUT2D eigenvalue weighted by atomic mass is 9.90. The molecule has 2 heteroatoms. The number of likely N-dealkylation sites (tertiary alicyclic amines) is 1. The van der Waals surface area contributed by atoms with Crippen molar-refractivity contribution >= 4 is 0 Å². The zero-order valence-corrected chi connectivity index (χ0v) is 10.3. The Bertz CT molecular complexity index is 312. The number of rotatable bonds is 3. The predicted molar refractivity (Wildman–Crippen MR) is 66.9 cm³/mol. The van der Waals surface area contributed by atoms with Crippen LogP contribution in [0.25, 0.3) is 0 Å². The van der Waals surface area contributed by atoms with E-state index in [1.54, 1.807) is 7.11 Å². The Hall–Kier alpha value is -1.02. The van der Waals surface area contributed by atoms with Crippen LogP contribution in [-0.2, 0) is 6.42 Å². The van der Waals surface area contributed by atoms with Gasteiger partial charge >= 0.3 is 0 Å². The standard InChI is InChI=1S/C14H21NO/c1-15-9-7-13(8-10-15)11-12-3-5-14(16-2)6-4-12/h3-6,13H,7-11H2,1-2H3. The molecule has 0 aliphatic carbocycles. The lowest BCUT2D eigenvalue weighted by Crippen LogP contribution is -2.30. The molecule has 1 heterocycles. The van der Waals surface area contributed by atoms with Gasteiger partial charge in [0.1, 0.15) is 5.75 Å². The molecule has 1 aliphatic rings. The van der Waals surface area contributed by atoms with Gasteiger partial charge in [0.2, 0.25) is 0 Å². The molecule has 1 aromatic carbocycles.